The molecule has 0 aromatic heterocycles. The van der Waals surface area contributed by atoms with E-state index in [1.807, 2.05) is 38.1 Å². The fourth-order valence-corrected chi connectivity index (χ4v) is 2.36. The Morgan fingerprint density at radius 1 is 1.10 bits per heavy atom. The predicted molar refractivity (Wildman–Crippen MR) is 90.9 cm³/mol. The van der Waals surface area contributed by atoms with Crippen LogP contribution in [0.1, 0.15) is 28.4 Å². The molecule has 4 heteroatoms. The highest BCUT2D eigenvalue weighted by Crippen LogP contribution is 2.21. The van der Waals surface area contributed by atoms with Gasteiger partial charge in [-0.1, -0.05) is 42.5 Å². The Morgan fingerprint density at radius 3 is 2.19 bits per heavy atom. The number of carbonyl (C=O) groups is 1. The number of carbonyl (C=O) groups excluding carboxylic acids is 1. The number of nitrogens with zero attached hydrogens (tertiary/aromatic N) is 1. The second-order valence-corrected chi connectivity index (χ2v) is 5.22. The summed E-state index contributed by atoms with van der Waals surface area (Å²) >= 11 is 4.92. The van der Waals surface area contributed by atoms with Crippen LogP contribution in [0.5, 0.6) is 0 Å². The molecular formula is C17H18N2OS. The number of hydrogen-bond donors (Lipinski definition) is 1. The van der Waals surface area contributed by atoms with Gasteiger partial charge in [-0.05, 0) is 37.6 Å². The van der Waals surface area contributed by atoms with Gasteiger partial charge in [0.15, 0.2) is 0 Å². The van der Waals surface area contributed by atoms with Crippen molar-refractivity contribution in [1.82, 2.24) is 0 Å². The molecule has 0 atom stereocenters. The van der Waals surface area contributed by atoms with E-state index in [-0.39, 0.29) is 5.91 Å². The highest BCUT2D eigenvalue weighted by Gasteiger charge is 2.17. The first-order valence-corrected chi connectivity index (χ1v) is 7.22. The van der Waals surface area contributed by atoms with Gasteiger partial charge in [-0.15, -0.1) is 0 Å². The monoisotopic (exact) mass is 298 g/mol. The van der Waals surface area contributed by atoms with E-state index in [1.165, 1.54) is 0 Å². The minimum absolute atomic E-state index is 0.0266. The number of rotatable bonds is 4. The molecule has 21 heavy (non-hydrogen) atoms. The van der Waals surface area contributed by atoms with Gasteiger partial charge in [0.25, 0.3) is 5.91 Å². The van der Waals surface area contributed by atoms with E-state index in [4.69, 9.17) is 18.0 Å². The van der Waals surface area contributed by atoms with Crippen LogP contribution in [0.15, 0.2) is 48.5 Å². The molecule has 3 nitrogen and oxygen atoms in total. The summed E-state index contributed by atoms with van der Waals surface area (Å²) in [6.07, 6.45) is 0. The van der Waals surface area contributed by atoms with Gasteiger partial charge in [0.1, 0.15) is 4.99 Å². The summed E-state index contributed by atoms with van der Waals surface area (Å²) < 4.78 is 0. The molecule has 0 spiro atoms. The maximum atomic E-state index is 12.7. The van der Waals surface area contributed by atoms with Crippen LogP contribution in [0, 0.1) is 6.92 Å². The lowest BCUT2D eigenvalue weighted by Gasteiger charge is -2.23. The van der Waals surface area contributed by atoms with Crippen molar-refractivity contribution in [1.29, 1.82) is 0 Å². The largest absolute Gasteiger partial charge is 0.389 e. The summed E-state index contributed by atoms with van der Waals surface area (Å²) in [7, 11) is 0. The number of nitrogens with two attached hydrogens (primary N) is 1. The molecule has 108 valence electrons. The van der Waals surface area contributed by atoms with Crippen LogP contribution >= 0.6 is 12.2 Å². The first-order chi connectivity index (χ1) is 10.0. The van der Waals surface area contributed by atoms with Crippen molar-refractivity contribution in [3.05, 3.63) is 65.2 Å². The highest BCUT2D eigenvalue weighted by molar-refractivity contribution is 7.80. The van der Waals surface area contributed by atoms with E-state index < -0.39 is 0 Å². The summed E-state index contributed by atoms with van der Waals surface area (Å²) in [4.78, 5) is 14.8. The third kappa shape index (κ3) is 3.28. The Kier molecular flexibility index (Phi) is 4.70. The number of benzene rings is 2. The van der Waals surface area contributed by atoms with Crippen molar-refractivity contribution in [2.45, 2.75) is 13.8 Å². The number of hydrogen-bond acceptors (Lipinski definition) is 2. The van der Waals surface area contributed by atoms with Crippen LogP contribution in [-0.4, -0.2) is 17.4 Å². The van der Waals surface area contributed by atoms with Crippen molar-refractivity contribution < 1.29 is 4.79 Å². The molecule has 0 aliphatic heterocycles. The molecule has 0 saturated heterocycles. The maximum Gasteiger partial charge on any atom is 0.258 e. The molecular weight excluding hydrogens is 280 g/mol. The summed E-state index contributed by atoms with van der Waals surface area (Å²) in [5.74, 6) is -0.0266. The molecule has 0 unspecified atom stereocenters. The smallest absolute Gasteiger partial charge is 0.258 e. The first kappa shape index (κ1) is 15.2. The van der Waals surface area contributed by atoms with E-state index in [0.717, 1.165) is 16.8 Å². The summed E-state index contributed by atoms with van der Waals surface area (Å²) in [5, 5.41) is 0. The molecule has 0 heterocycles. The second-order valence-electron chi connectivity index (χ2n) is 4.78. The fourth-order valence-electron chi connectivity index (χ4n) is 2.22. The maximum absolute atomic E-state index is 12.7. The van der Waals surface area contributed by atoms with E-state index in [9.17, 15) is 4.79 Å². The topological polar surface area (TPSA) is 46.3 Å². The number of para-hydroxylation sites is 1. The van der Waals surface area contributed by atoms with Crippen LogP contribution in [0.3, 0.4) is 0 Å². The molecule has 0 aliphatic rings. The third-order valence-electron chi connectivity index (χ3n) is 3.38. The zero-order valence-electron chi connectivity index (χ0n) is 12.2. The Hall–Kier alpha value is -2.20. The van der Waals surface area contributed by atoms with E-state index in [1.54, 1.807) is 29.2 Å². The number of anilines is 1. The molecule has 0 aliphatic carbocycles. The van der Waals surface area contributed by atoms with Crippen molar-refractivity contribution in [3.63, 3.8) is 0 Å². The molecule has 1 amide bonds. The Balaban J connectivity index is 2.32. The second kappa shape index (κ2) is 6.50. The summed E-state index contributed by atoms with van der Waals surface area (Å²) in [6.45, 7) is 4.58. The lowest BCUT2D eigenvalue weighted by molar-refractivity contribution is 0.0988. The number of thiocarbonyl (C=S) groups is 1. The van der Waals surface area contributed by atoms with Gasteiger partial charge in [-0.3, -0.25) is 4.79 Å². The standard InChI is InChI=1S/C17H18N2OS/c1-3-19(15-7-5-4-6-12(15)2)17(20)14-10-8-13(9-11-14)16(18)21/h4-11H,3H2,1-2H3,(H2,18,21). The van der Waals surface area contributed by atoms with Crippen LogP contribution < -0.4 is 10.6 Å². The average molecular weight is 298 g/mol. The fraction of sp³-hybridized carbons (Fsp3) is 0.176. The van der Waals surface area contributed by atoms with E-state index in [2.05, 4.69) is 0 Å². The third-order valence-corrected chi connectivity index (χ3v) is 3.62. The Bertz CT molecular complexity index is 665. The van der Waals surface area contributed by atoms with Crippen molar-refractivity contribution in [2.75, 3.05) is 11.4 Å². The summed E-state index contributed by atoms with van der Waals surface area (Å²) in [5.41, 5.74) is 8.97. The molecule has 0 bridgehead atoms. The Labute approximate surface area is 130 Å². The lowest BCUT2D eigenvalue weighted by Crippen LogP contribution is -2.31. The highest BCUT2D eigenvalue weighted by atomic mass is 32.1. The number of amides is 1. The predicted octanol–water partition coefficient (Wildman–Crippen LogP) is 3.30. The van der Waals surface area contributed by atoms with Crippen LogP contribution in [0.2, 0.25) is 0 Å². The van der Waals surface area contributed by atoms with Gasteiger partial charge in [0.2, 0.25) is 0 Å². The van der Waals surface area contributed by atoms with Crippen molar-refractivity contribution >= 4 is 28.8 Å². The zero-order chi connectivity index (χ0) is 15.4. The summed E-state index contributed by atoms with van der Waals surface area (Å²) in [6, 6.07) is 14.9. The molecule has 2 rings (SSSR count). The van der Waals surface area contributed by atoms with Gasteiger partial charge < -0.3 is 10.6 Å². The SMILES string of the molecule is CCN(C(=O)c1ccc(C(N)=S)cc1)c1ccccc1C. The van der Waals surface area contributed by atoms with E-state index >= 15 is 0 Å². The van der Waals surface area contributed by atoms with Gasteiger partial charge >= 0.3 is 0 Å². The van der Waals surface area contributed by atoms with Crippen LogP contribution in [0.4, 0.5) is 5.69 Å². The first-order valence-electron chi connectivity index (χ1n) is 6.82. The van der Waals surface area contributed by atoms with Gasteiger partial charge in [0.05, 0.1) is 0 Å². The van der Waals surface area contributed by atoms with Gasteiger partial charge in [-0.2, -0.15) is 0 Å². The van der Waals surface area contributed by atoms with Crippen LogP contribution in [-0.2, 0) is 0 Å². The average Bonchev–Trinajstić information content (AvgIpc) is 2.50. The Morgan fingerprint density at radius 2 is 1.67 bits per heavy atom. The minimum atomic E-state index is -0.0266. The van der Waals surface area contributed by atoms with Crippen molar-refractivity contribution in [3.8, 4) is 0 Å². The molecule has 0 radical (unpaired) electrons. The van der Waals surface area contributed by atoms with E-state index in [0.29, 0.717) is 17.1 Å². The molecule has 2 N–H and O–H groups in total. The molecule has 0 fully saturated rings. The quantitative estimate of drug-likeness (QED) is 0.881. The molecule has 2 aromatic rings. The van der Waals surface area contributed by atoms with Crippen molar-refractivity contribution in [2.24, 2.45) is 5.73 Å². The molecule has 2 aromatic carbocycles. The lowest BCUT2D eigenvalue weighted by atomic mass is 10.1. The minimum Gasteiger partial charge on any atom is -0.389 e. The normalized spacial score (nSPS) is 10.2. The van der Waals surface area contributed by atoms with Crippen LogP contribution in [0.25, 0.3) is 0 Å². The van der Waals surface area contributed by atoms with Gasteiger partial charge in [-0.25, -0.2) is 0 Å². The van der Waals surface area contributed by atoms with Gasteiger partial charge in [0, 0.05) is 23.4 Å². The zero-order valence-corrected chi connectivity index (χ0v) is 13.0. The molecule has 0 saturated carbocycles. The number of aryl methyl sites for hydroxylation is 1.